The first-order valence-electron chi connectivity index (χ1n) is 11.3. The third-order valence-electron chi connectivity index (χ3n) is 6.08. The first-order chi connectivity index (χ1) is 16.2. The molecule has 1 saturated carbocycles. The second-order valence-electron chi connectivity index (χ2n) is 9.30. The number of rotatable bonds is 10. The number of ether oxygens (including phenoxy) is 1. The van der Waals surface area contributed by atoms with Gasteiger partial charge in [-0.1, -0.05) is 31.2 Å². The SMILES string of the molecule is Cc1cccc(C)c1-c1cc(OCC(N)CC2(C)CC2)nc(NSc2cccc(C(=O)O)c2)n1. The van der Waals surface area contributed by atoms with Crippen LogP contribution in [0.1, 0.15) is 47.7 Å². The lowest BCUT2D eigenvalue weighted by Crippen LogP contribution is -2.30. The molecule has 0 bridgehead atoms. The summed E-state index contributed by atoms with van der Waals surface area (Å²) in [7, 11) is 0. The first kappa shape index (κ1) is 24.0. The Morgan fingerprint density at radius 1 is 1.18 bits per heavy atom. The van der Waals surface area contributed by atoms with Crippen molar-refractivity contribution in [1.82, 2.24) is 9.97 Å². The lowest BCUT2D eigenvalue weighted by Gasteiger charge is -2.17. The number of aryl methyl sites for hydroxylation is 2. The van der Waals surface area contributed by atoms with E-state index in [1.165, 1.54) is 24.8 Å². The molecule has 0 aliphatic heterocycles. The molecule has 4 N–H and O–H groups in total. The van der Waals surface area contributed by atoms with E-state index in [1.807, 2.05) is 18.2 Å². The molecule has 1 aromatic heterocycles. The number of aromatic carboxylic acids is 1. The van der Waals surface area contributed by atoms with Gasteiger partial charge >= 0.3 is 5.97 Å². The molecular weight excluding hydrogens is 448 g/mol. The van der Waals surface area contributed by atoms with Crippen LogP contribution in [0.5, 0.6) is 5.88 Å². The van der Waals surface area contributed by atoms with Gasteiger partial charge in [0.05, 0.1) is 11.3 Å². The quantitative estimate of drug-likeness (QED) is 0.329. The van der Waals surface area contributed by atoms with Gasteiger partial charge < -0.3 is 15.6 Å². The first-order valence-corrected chi connectivity index (χ1v) is 12.1. The van der Waals surface area contributed by atoms with Gasteiger partial charge in [-0.05, 0) is 79.8 Å². The molecule has 178 valence electrons. The topological polar surface area (TPSA) is 110 Å². The fourth-order valence-corrected chi connectivity index (χ4v) is 4.62. The number of hydrogen-bond acceptors (Lipinski definition) is 7. The number of carboxylic acids is 1. The number of aromatic nitrogens is 2. The molecule has 34 heavy (non-hydrogen) atoms. The highest BCUT2D eigenvalue weighted by molar-refractivity contribution is 8.00. The molecule has 1 atom stereocenters. The molecule has 7 nitrogen and oxygen atoms in total. The van der Waals surface area contributed by atoms with E-state index >= 15 is 0 Å². The van der Waals surface area contributed by atoms with Gasteiger partial charge in [-0.15, -0.1) is 0 Å². The molecule has 4 rings (SSSR count). The Labute approximate surface area is 204 Å². The maximum Gasteiger partial charge on any atom is 0.335 e. The summed E-state index contributed by atoms with van der Waals surface area (Å²) in [6, 6.07) is 14.6. The Bertz CT molecular complexity index is 1180. The monoisotopic (exact) mass is 478 g/mol. The molecule has 1 aliphatic rings. The molecular formula is C26H30N4O3S. The number of anilines is 1. The lowest BCUT2D eigenvalue weighted by atomic mass is 10.00. The predicted octanol–water partition coefficient (Wildman–Crippen LogP) is 5.47. The summed E-state index contributed by atoms with van der Waals surface area (Å²) in [5, 5.41) is 9.24. The van der Waals surface area contributed by atoms with E-state index in [0.29, 0.717) is 23.9 Å². The predicted molar refractivity (Wildman–Crippen MR) is 135 cm³/mol. The fourth-order valence-electron chi connectivity index (χ4n) is 3.99. The van der Waals surface area contributed by atoms with Gasteiger partial charge in [0, 0.05) is 22.6 Å². The average molecular weight is 479 g/mol. The van der Waals surface area contributed by atoms with Crippen molar-refractivity contribution in [2.45, 2.75) is 51.0 Å². The highest BCUT2D eigenvalue weighted by atomic mass is 32.2. The van der Waals surface area contributed by atoms with Crippen LogP contribution in [0.4, 0.5) is 5.95 Å². The van der Waals surface area contributed by atoms with E-state index < -0.39 is 5.97 Å². The summed E-state index contributed by atoms with van der Waals surface area (Å²) in [5.74, 6) is -0.141. The van der Waals surface area contributed by atoms with E-state index in [1.54, 1.807) is 18.2 Å². The molecule has 0 radical (unpaired) electrons. The van der Waals surface area contributed by atoms with Crippen molar-refractivity contribution < 1.29 is 14.6 Å². The number of nitrogens with zero attached hydrogens (tertiary/aromatic N) is 2. The fraction of sp³-hybridized carbons (Fsp3) is 0.346. The van der Waals surface area contributed by atoms with E-state index in [9.17, 15) is 9.90 Å². The summed E-state index contributed by atoms with van der Waals surface area (Å²) >= 11 is 1.25. The Morgan fingerprint density at radius 2 is 1.88 bits per heavy atom. The Kier molecular flexibility index (Phi) is 7.09. The van der Waals surface area contributed by atoms with E-state index in [4.69, 9.17) is 15.5 Å². The van der Waals surface area contributed by atoms with Crippen molar-refractivity contribution in [2.24, 2.45) is 11.1 Å². The van der Waals surface area contributed by atoms with Gasteiger partial charge in [0.2, 0.25) is 11.8 Å². The molecule has 0 spiro atoms. The zero-order chi connectivity index (χ0) is 24.3. The van der Waals surface area contributed by atoms with Crippen LogP contribution >= 0.6 is 11.9 Å². The van der Waals surface area contributed by atoms with Crippen LogP contribution in [0.25, 0.3) is 11.3 Å². The second kappa shape index (κ2) is 10.0. The molecule has 0 saturated heterocycles. The van der Waals surface area contributed by atoms with Gasteiger partial charge in [-0.3, -0.25) is 4.72 Å². The molecule has 1 unspecified atom stereocenters. The summed E-state index contributed by atoms with van der Waals surface area (Å²) in [4.78, 5) is 21.3. The summed E-state index contributed by atoms with van der Waals surface area (Å²) in [6.45, 7) is 6.74. The molecule has 0 amide bonds. The Hall–Kier alpha value is -3.10. The largest absolute Gasteiger partial charge is 0.478 e. The third kappa shape index (κ3) is 6.07. The molecule has 1 heterocycles. The van der Waals surface area contributed by atoms with Crippen molar-refractivity contribution in [3.05, 3.63) is 65.2 Å². The summed E-state index contributed by atoms with van der Waals surface area (Å²) < 4.78 is 9.17. The molecule has 3 aromatic rings. The average Bonchev–Trinajstić information content (AvgIpc) is 3.52. The highest BCUT2D eigenvalue weighted by Gasteiger charge is 2.38. The van der Waals surface area contributed by atoms with Gasteiger partial charge in [0.15, 0.2) is 0 Å². The highest BCUT2D eigenvalue weighted by Crippen LogP contribution is 2.48. The standard InChI is InChI=1S/C26H30N4O3S/c1-16-6-4-7-17(2)23(16)21-13-22(33-15-19(27)14-26(3)10-11-26)29-25(28-21)30-34-20-9-5-8-18(12-20)24(31)32/h4-9,12-13,19H,10-11,14-15,27H2,1-3H3,(H,31,32)(H,28,29,30). The number of benzene rings is 2. The van der Waals surface area contributed by atoms with Crippen LogP contribution < -0.4 is 15.2 Å². The summed E-state index contributed by atoms with van der Waals surface area (Å²) in [6.07, 6.45) is 3.38. The number of nitrogens with two attached hydrogens (primary N) is 1. The van der Waals surface area contributed by atoms with Gasteiger partial charge in [-0.2, -0.15) is 4.98 Å². The molecule has 8 heteroatoms. The maximum absolute atomic E-state index is 11.3. The summed E-state index contributed by atoms with van der Waals surface area (Å²) in [5.41, 5.74) is 10.9. The van der Waals surface area contributed by atoms with Crippen molar-refractivity contribution in [2.75, 3.05) is 11.3 Å². The lowest BCUT2D eigenvalue weighted by molar-refractivity contribution is 0.0696. The zero-order valence-electron chi connectivity index (χ0n) is 19.7. The Morgan fingerprint density at radius 3 is 2.56 bits per heavy atom. The third-order valence-corrected chi connectivity index (χ3v) is 6.86. The molecule has 1 fully saturated rings. The van der Waals surface area contributed by atoms with E-state index in [-0.39, 0.29) is 11.6 Å². The van der Waals surface area contributed by atoms with Gasteiger partial charge in [0.1, 0.15) is 6.61 Å². The molecule has 1 aliphatic carbocycles. The van der Waals surface area contributed by atoms with Crippen LogP contribution in [0.15, 0.2) is 53.4 Å². The van der Waals surface area contributed by atoms with Gasteiger partial charge in [-0.25, -0.2) is 9.78 Å². The zero-order valence-corrected chi connectivity index (χ0v) is 20.5. The smallest absolute Gasteiger partial charge is 0.335 e. The Balaban J connectivity index is 1.57. The number of hydrogen-bond donors (Lipinski definition) is 3. The van der Waals surface area contributed by atoms with Crippen LogP contribution in [-0.4, -0.2) is 33.7 Å². The van der Waals surface area contributed by atoms with Crippen molar-refractivity contribution >= 4 is 23.9 Å². The van der Waals surface area contributed by atoms with Crippen molar-refractivity contribution in [3.8, 4) is 17.1 Å². The van der Waals surface area contributed by atoms with Crippen LogP contribution in [-0.2, 0) is 0 Å². The van der Waals surface area contributed by atoms with Crippen LogP contribution in [0, 0.1) is 19.3 Å². The minimum atomic E-state index is -0.970. The van der Waals surface area contributed by atoms with Crippen LogP contribution in [0.2, 0.25) is 0 Å². The second-order valence-corrected chi connectivity index (χ2v) is 10.2. The number of carbonyl (C=O) groups is 1. The van der Waals surface area contributed by atoms with Crippen molar-refractivity contribution in [3.63, 3.8) is 0 Å². The van der Waals surface area contributed by atoms with Crippen LogP contribution in [0.3, 0.4) is 0 Å². The van der Waals surface area contributed by atoms with E-state index in [0.717, 1.165) is 33.7 Å². The minimum Gasteiger partial charge on any atom is -0.478 e. The van der Waals surface area contributed by atoms with Crippen molar-refractivity contribution in [1.29, 1.82) is 0 Å². The van der Waals surface area contributed by atoms with E-state index in [2.05, 4.69) is 42.6 Å². The van der Waals surface area contributed by atoms with Gasteiger partial charge in [0.25, 0.3) is 0 Å². The number of nitrogens with one attached hydrogen (secondary N) is 1. The minimum absolute atomic E-state index is 0.0596. The number of carboxylic acid groups (broad SMARTS) is 1. The molecule has 2 aromatic carbocycles. The normalized spacial score (nSPS) is 14.9. The maximum atomic E-state index is 11.3.